The molecule has 0 spiro atoms. The minimum Gasteiger partial charge on any atom is -0.349 e. The number of anilines is 1. The molecule has 176 valence electrons. The predicted molar refractivity (Wildman–Crippen MR) is 136 cm³/mol. The van der Waals surface area contributed by atoms with Gasteiger partial charge in [-0.2, -0.15) is 0 Å². The molecule has 2 aromatic heterocycles. The van der Waals surface area contributed by atoms with E-state index in [-0.39, 0.29) is 18.4 Å². The van der Waals surface area contributed by atoms with Crippen LogP contribution in [-0.2, 0) is 16.1 Å². The molecule has 8 heteroatoms. The number of benzene rings is 2. The van der Waals surface area contributed by atoms with Gasteiger partial charge >= 0.3 is 0 Å². The topological polar surface area (TPSA) is 80.1 Å². The van der Waals surface area contributed by atoms with Crippen LogP contribution in [0.2, 0.25) is 0 Å². The number of nitrogens with zero attached hydrogens (tertiary/aromatic N) is 4. The molecular formula is C26H29N5O2S. The van der Waals surface area contributed by atoms with Gasteiger partial charge in [-0.25, -0.2) is 4.68 Å². The minimum atomic E-state index is -0.809. The summed E-state index contributed by atoms with van der Waals surface area (Å²) >= 11 is 1.46. The summed E-state index contributed by atoms with van der Waals surface area (Å²) in [5, 5.41) is 13.4. The SMILES string of the molecule is CCC(C)(C)NC(=O)[C@H](c1cccs1)N(C(=O)Cn1nnc2ccccc21)c1ccc(C)cc1. The maximum Gasteiger partial charge on any atom is 0.249 e. The van der Waals surface area contributed by atoms with E-state index in [1.54, 1.807) is 9.58 Å². The molecule has 0 saturated carbocycles. The van der Waals surface area contributed by atoms with Crippen molar-refractivity contribution in [3.05, 3.63) is 76.5 Å². The molecule has 1 atom stereocenters. The Balaban J connectivity index is 1.77. The Kier molecular flexibility index (Phi) is 6.79. The van der Waals surface area contributed by atoms with Gasteiger partial charge in [-0.3, -0.25) is 14.5 Å². The summed E-state index contributed by atoms with van der Waals surface area (Å²) in [6.45, 7) is 7.94. The van der Waals surface area contributed by atoms with Gasteiger partial charge in [-0.05, 0) is 62.9 Å². The van der Waals surface area contributed by atoms with Crippen LogP contribution in [0.15, 0.2) is 66.0 Å². The molecule has 0 aliphatic rings. The van der Waals surface area contributed by atoms with Gasteiger partial charge in [0.15, 0.2) is 0 Å². The number of amides is 2. The molecule has 34 heavy (non-hydrogen) atoms. The second kappa shape index (κ2) is 9.77. The predicted octanol–water partition coefficient (Wildman–Crippen LogP) is 4.88. The van der Waals surface area contributed by atoms with Gasteiger partial charge in [0, 0.05) is 16.1 Å². The van der Waals surface area contributed by atoms with Crippen molar-refractivity contribution in [2.45, 2.75) is 52.2 Å². The van der Waals surface area contributed by atoms with Crippen LogP contribution in [0, 0.1) is 6.92 Å². The lowest BCUT2D eigenvalue weighted by molar-refractivity contribution is -0.128. The van der Waals surface area contributed by atoms with Crippen LogP contribution in [0.3, 0.4) is 0 Å². The van der Waals surface area contributed by atoms with Crippen molar-refractivity contribution in [2.24, 2.45) is 0 Å². The first kappa shape index (κ1) is 23.6. The number of thiophene rings is 1. The van der Waals surface area contributed by atoms with E-state index >= 15 is 0 Å². The zero-order valence-corrected chi connectivity index (χ0v) is 20.7. The first-order chi connectivity index (χ1) is 16.3. The highest BCUT2D eigenvalue weighted by atomic mass is 32.1. The maximum atomic E-state index is 13.9. The van der Waals surface area contributed by atoms with Crippen LogP contribution in [0.1, 0.15) is 43.7 Å². The van der Waals surface area contributed by atoms with Crippen LogP contribution < -0.4 is 10.2 Å². The number of para-hydroxylation sites is 1. The molecule has 0 fully saturated rings. The lowest BCUT2D eigenvalue weighted by atomic mass is 10.0. The zero-order chi connectivity index (χ0) is 24.3. The largest absolute Gasteiger partial charge is 0.349 e. The third-order valence-electron chi connectivity index (χ3n) is 5.95. The van der Waals surface area contributed by atoms with E-state index in [0.717, 1.165) is 27.9 Å². The Morgan fingerprint density at radius 1 is 1.09 bits per heavy atom. The second-order valence-electron chi connectivity index (χ2n) is 8.98. The van der Waals surface area contributed by atoms with E-state index in [2.05, 4.69) is 15.6 Å². The molecule has 1 N–H and O–H groups in total. The average molecular weight is 476 g/mol. The summed E-state index contributed by atoms with van der Waals surface area (Å²) in [6.07, 6.45) is 0.763. The minimum absolute atomic E-state index is 0.0410. The van der Waals surface area contributed by atoms with E-state index < -0.39 is 11.6 Å². The Morgan fingerprint density at radius 3 is 2.50 bits per heavy atom. The summed E-state index contributed by atoms with van der Waals surface area (Å²) in [6, 6.07) is 18.1. The molecule has 0 radical (unpaired) electrons. The van der Waals surface area contributed by atoms with E-state index in [4.69, 9.17) is 0 Å². The molecule has 7 nitrogen and oxygen atoms in total. The zero-order valence-electron chi connectivity index (χ0n) is 19.9. The van der Waals surface area contributed by atoms with Crippen molar-refractivity contribution in [1.82, 2.24) is 20.3 Å². The molecule has 2 aromatic carbocycles. The fraction of sp³-hybridized carbons (Fsp3) is 0.308. The molecular weight excluding hydrogens is 446 g/mol. The van der Waals surface area contributed by atoms with E-state index in [1.165, 1.54) is 11.3 Å². The fourth-order valence-corrected chi connectivity index (χ4v) is 4.50. The van der Waals surface area contributed by atoms with E-state index in [0.29, 0.717) is 5.69 Å². The number of hydrogen-bond donors (Lipinski definition) is 1. The lowest BCUT2D eigenvalue weighted by Crippen LogP contribution is -2.50. The Hall–Kier alpha value is -3.52. The summed E-state index contributed by atoms with van der Waals surface area (Å²) in [5.41, 5.74) is 2.81. The van der Waals surface area contributed by atoms with Crippen molar-refractivity contribution in [1.29, 1.82) is 0 Å². The molecule has 0 saturated heterocycles. The molecule has 4 rings (SSSR count). The number of aryl methyl sites for hydroxylation is 1. The molecule has 0 bridgehead atoms. The fourth-order valence-electron chi connectivity index (χ4n) is 3.69. The highest BCUT2D eigenvalue weighted by Crippen LogP contribution is 2.32. The van der Waals surface area contributed by atoms with Crippen molar-refractivity contribution in [3.8, 4) is 0 Å². The summed E-state index contributed by atoms with van der Waals surface area (Å²) < 4.78 is 1.58. The van der Waals surface area contributed by atoms with Crippen molar-refractivity contribution in [2.75, 3.05) is 4.90 Å². The monoisotopic (exact) mass is 475 g/mol. The van der Waals surface area contributed by atoms with Crippen molar-refractivity contribution >= 4 is 39.9 Å². The third kappa shape index (κ3) is 5.02. The number of carbonyl (C=O) groups excluding carboxylic acids is 2. The highest BCUT2D eigenvalue weighted by molar-refractivity contribution is 7.10. The molecule has 4 aromatic rings. The molecule has 0 aliphatic heterocycles. The first-order valence-corrected chi connectivity index (χ1v) is 12.2. The first-order valence-electron chi connectivity index (χ1n) is 11.3. The normalized spacial score (nSPS) is 12.5. The van der Waals surface area contributed by atoms with Gasteiger partial charge in [0.1, 0.15) is 18.1 Å². The average Bonchev–Trinajstić information content (AvgIpc) is 3.48. The lowest BCUT2D eigenvalue weighted by Gasteiger charge is -2.34. The van der Waals surface area contributed by atoms with Gasteiger partial charge in [-0.1, -0.05) is 48.0 Å². The van der Waals surface area contributed by atoms with Gasteiger partial charge in [0.25, 0.3) is 0 Å². The number of hydrogen-bond acceptors (Lipinski definition) is 5. The summed E-state index contributed by atoms with van der Waals surface area (Å²) in [7, 11) is 0. The van der Waals surface area contributed by atoms with Gasteiger partial charge in [-0.15, -0.1) is 16.4 Å². The van der Waals surface area contributed by atoms with Crippen LogP contribution in [-0.4, -0.2) is 32.3 Å². The Morgan fingerprint density at radius 2 is 1.82 bits per heavy atom. The third-order valence-corrected chi connectivity index (χ3v) is 6.88. The second-order valence-corrected chi connectivity index (χ2v) is 9.96. The van der Waals surface area contributed by atoms with Crippen LogP contribution in [0.25, 0.3) is 11.0 Å². The number of aromatic nitrogens is 3. The van der Waals surface area contributed by atoms with E-state index in [9.17, 15) is 9.59 Å². The maximum absolute atomic E-state index is 13.9. The van der Waals surface area contributed by atoms with Crippen molar-refractivity contribution in [3.63, 3.8) is 0 Å². The van der Waals surface area contributed by atoms with Crippen LogP contribution >= 0.6 is 11.3 Å². The Bertz CT molecular complexity index is 1280. The summed E-state index contributed by atoms with van der Waals surface area (Å²) in [4.78, 5) is 29.9. The number of rotatable bonds is 8. The van der Waals surface area contributed by atoms with Crippen LogP contribution in [0.5, 0.6) is 0 Å². The number of carbonyl (C=O) groups is 2. The standard InChI is InChI=1S/C26H29N5O2S/c1-5-26(3,4)27-25(33)24(22-11-8-16-34-22)31(19-14-12-18(2)13-15-19)23(32)17-30-21-10-7-6-9-20(21)28-29-30/h6-16,24H,5,17H2,1-4H3,(H,27,33)/t24-/m0/s1. The molecule has 0 unspecified atom stereocenters. The van der Waals surface area contributed by atoms with Gasteiger partial charge in [0.2, 0.25) is 11.8 Å². The van der Waals surface area contributed by atoms with Gasteiger partial charge < -0.3 is 5.32 Å². The van der Waals surface area contributed by atoms with Gasteiger partial charge in [0.05, 0.1) is 5.52 Å². The summed E-state index contributed by atoms with van der Waals surface area (Å²) in [5.74, 6) is -0.464. The van der Waals surface area contributed by atoms with Crippen molar-refractivity contribution < 1.29 is 9.59 Å². The van der Waals surface area contributed by atoms with E-state index in [1.807, 2.05) is 93.7 Å². The molecule has 2 amide bonds. The highest BCUT2D eigenvalue weighted by Gasteiger charge is 2.35. The molecule has 0 aliphatic carbocycles. The van der Waals surface area contributed by atoms with Crippen LogP contribution in [0.4, 0.5) is 5.69 Å². The smallest absolute Gasteiger partial charge is 0.249 e. The molecule has 2 heterocycles. The quantitative estimate of drug-likeness (QED) is 0.394. The Labute approximate surface area is 203 Å². The number of nitrogens with one attached hydrogen (secondary N) is 1. The number of fused-ring (bicyclic) bond motifs is 1.